The molecular formula is C11H14N2O3. The van der Waals surface area contributed by atoms with Gasteiger partial charge in [0.05, 0.1) is 6.61 Å². The molecular weight excluding hydrogens is 208 g/mol. The van der Waals surface area contributed by atoms with Gasteiger partial charge in [-0.3, -0.25) is 10.1 Å². The number of urea groups is 1. The number of carbonyl (C=O) groups is 2. The third kappa shape index (κ3) is 3.61. The molecule has 0 atom stereocenters. The lowest BCUT2D eigenvalue weighted by Gasteiger charge is -2.06. The molecule has 0 heterocycles. The molecule has 0 fully saturated rings. The molecule has 3 amide bonds. The summed E-state index contributed by atoms with van der Waals surface area (Å²) in [6, 6.07) is 5.70. The van der Waals surface area contributed by atoms with Crippen LogP contribution in [0, 0.1) is 0 Å². The van der Waals surface area contributed by atoms with Crippen LogP contribution in [0.5, 0.6) is 5.75 Å². The first-order valence-electron chi connectivity index (χ1n) is 4.97. The van der Waals surface area contributed by atoms with Crippen LogP contribution in [0.2, 0.25) is 0 Å². The van der Waals surface area contributed by atoms with E-state index in [9.17, 15) is 9.59 Å². The summed E-state index contributed by atoms with van der Waals surface area (Å²) in [4.78, 5) is 21.9. The molecule has 16 heavy (non-hydrogen) atoms. The molecule has 86 valence electrons. The zero-order chi connectivity index (χ0) is 12.0. The maximum atomic E-state index is 11.4. The van der Waals surface area contributed by atoms with E-state index in [2.05, 4.69) is 0 Å². The van der Waals surface area contributed by atoms with Crippen LogP contribution in [-0.4, -0.2) is 18.5 Å². The third-order valence-corrected chi connectivity index (χ3v) is 1.81. The Morgan fingerprint density at radius 1 is 1.44 bits per heavy atom. The van der Waals surface area contributed by atoms with Gasteiger partial charge < -0.3 is 10.5 Å². The van der Waals surface area contributed by atoms with Gasteiger partial charge in [-0.2, -0.15) is 0 Å². The molecule has 0 unspecified atom stereocenters. The number of amides is 3. The number of carbonyl (C=O) groups excluding carboxylic acids is 2. The molecule has 0 spiro atoms. The molecule has 0 saturated heterocycles. The maximum Gasteiger partial charge on any atom is 0.319 e. The Labute approximate surface area is 93.6 Å². The van der Waals surface area contributed by atoms with Gasteiger partial charge >= 0.3 is 6.03 Å². The largest absolute Gasteiger partial charge is 0.494 e. The summed E-state index contributed by atoms with van der Waals surface area (Å²) in [5.41, 5.74) is 5.19. The summed E-state index contributed by atoms with van der Waals surface area (Å²) in [6.45, 7) is 2.57. The van der Waals surface area contributed by atoms with Crippen LogP contribution in [0.3, 0.4) is 0 Å². The summed E-state index contributed by atoms with van der Waals surface area (Å²) in [5, 5.41) is 1.99. The van der Waals surface area contributed by atoms with Gasteiger partial charge in [-0.05, 0) is 24.6 Å². The van der Waals surface area contributed by atoms with Crippen LogP contribution in [-0.2, 0) is 0 Å². The number of nitrogens with two attached hydrogens (primary N) is 1. The fourth-order valence-electron chi connectivity index (χ4n) is 1.13. The zero-order valence-electron chi connectivity index (χ0n) is 9.03. The Kier molecular flexibility index (Phi) is 4.32. The monoisotopic (exact) mass is 222 g/mol. The van der Waals surface area contributed by atoms with Gasteiger partial charge in [-0.15, -0.1) is 0 Å². The lowest BCUT2D eigenvalue weighted by molar-refractivity contribution is 0.0965. The van der Waals surface area contributed by atoms with Crippen LogP contribution >= 0.6 is 0 Å². The third-order valence-electron chi connectivity index (χ3n) is 1.81. The highest BCUT2D eigenvalue weighted by Crippen LogP contribution is 2.13. The van der Waals surface area contributed by atoms with Crippen molar-refractivity contribution >= 4 is 11.9 Å². The van der Waals surface area contributed by atoms with E-state index < -0.39 is 11.9 Å². The van der Waals surface area contributed by atoms with Crippen molar-refractivity contribution in [2.75, 3.05) is 6.61 Å². The van der Waals surface area contributed by atoms with Crippen molar-refractivity contribution in [3.05, 3.63) is 29.8 Å². The number of primary amides is 1. The molecule has 3 N–H and O–H groups in total. The Morgan fingerprint density at radius 3 is 2.81 bits per heavy atom. The van der Waals surface area contributed by atoms with E-state index in [0.29, 0.717) is 17.9 Å². The molecule has 0 radical (unpaired) electrons. The highest BCUT2D eigenvalue weighted by Gasteiger charge is 2.08. The van der Waals surface area contributed by atoms with Crippen molar-refractivity contribution in [2.45, 2.75) is 13.3 Å². The molecule has 5 heteroatoms. The van der Waals surface area contributed by atoms with Crippen LogP contribution in [0.1, 0.15) is 23.7 Å². The lowest BCUT2D eigenvalue weighted by Crippen LogP contribution is -2.34. The highest BCUT2D eigenvalue weighted by molar-refractivity contribution is 6.03. The molecule has 1 aromatic rings. The molecule has 1 rings (SSSR count). The summed E-state index contributed by atoms with van der Waals surface area (Å²) < 4.78 is 5.35. The summed E-state index contributed by atoms with van der Waals surface area (Å²) >= 11 is 0. The van der Waals surface area contributed by atoms with Gasteiger partial charge in [0.1, 0.15) is 5.75 Å². The minimum atomic E-state index is -0.870. The Balaban J connectivity index is 2.73. The van der Waals surface area contributed by atoms with Gasteiger partial charge in [0.2, 0.25) is 0 Å². The number of nitrogens with one attached hydrogen (secondary N) is 1. The van der Waals surface area contributed by atoms with E-state index in [1.54, 1.807) is 24.3 Å². The van der Waals surface area contributed by atoms with Gasteiger partial charge in [0, 0.05) is 5.56 Å². The standard InChI is InChI=1S/C11H14N2O3/c1-2-6-16-9-5-3-4-8(7-9)10(14)13-11(12)15/h3-5,7H,2,6H2,1H3,(H3,12,13,14,15). The summed E-state index contributed by atoms with van der Waals surface area (Å²) in [5.74, 6) is 0.0634. The van der Waals surface area contributed by atoms with Crippen LogP contribution in [0.4, 0.5) is 4.79 Å². The van der Waals surface area contributed by atoms with Crippen LogP contribution in [0.25, 0.3) is 0 Å². The SMILES string of the molecule is CCCOc1cccc(C(=O)NC(N)=O)c1. The number of ether oxygens (including phenoxy) is 1. The van der Waals surface area contributed by atoms with E-state index >= 15 is 0 Å². The van der Waals surface area contributed by atoms with Crippen LogP contribution < -0.4 is 15.8 Å². The van der Waals surface area contributed by atoms with Crippen molar-refractivity contribution in [1.29, 1.82) is 0 Å². The Hall–Kier alpha value is -2.04. The zero-order valence-corrected chi connectivity index (χ0v) is 9.03. The second-order valence-corrected chi connectivity index (χ2v) is 3.19. The molecule has 0 aliphatic heterocycles. The average molecular weight is 222 g/mol. The first-order valence-corrected chi connectivity index (χ1v) is 4.97. The van der Waals surface area contributed by atoms with Gasteiger partial charge in [-0.25, -0.2) is 4.79 Å². The highest BCUT2D eigenvalue weighted by atomic mass is 16.5. The van der Waals surface area contributed by atoms with E-state index in [1.165, 1.54) is 0 Å². The first-order chi connectivity index (χ1) is 7.63. The predicted molar refractivity (Wildman–Crippen MR) is 59.3 cm³/mol. The van der Waals surface area contributed by atoms with E-state index in [4.69, 9.17) is 10.5 Å². The van der Waals surface area contributed by atoms with Gasteiger partial charge in [0.15, 0.2) is 0 Å². The smallest absolute Gasteiger partial charge is 0.319 e. The first kappa shape index (κ1) is 12.0. The minimum absolute atomic E-state index is 0.340. The Bertz CT molecular complexity index is 391. The number of imide groups is 1. The normalized spacial score (nSPS) is 9.56. The summed E-state index contributed by atoms with van der Waals surface area (Å²) in [7, 11) is 0. The number of hydrogen-bond acceptors (Lipinski definition) is 3. The van der Waals surface area contributed by atoms with Gasteiger partial charge in [-0.1, -0.05) is 13.0 Å². The minimum Gasteiger partial charge on any atom is -0.494 e. The fourth-order valence-corrected chi connectivity index (χ4v) is 1.13. The molecule has 5 nitrogen and oxygen atoms in total. The second-order valence-electron chi connectivity index (χ2n) is 3.19. The fraction of sp³-hybridized carbons (Fsp3) is 0.273. The van der Waals surface area contributed by atoms with Crippen molar-refractivity contribution in [3.8, 4) is 5.75 Å². The molecule has 0 aliphatic carbocycles. The average Bonchev–Trinajstić information content (AvgIpc) is 2.26. The predicted octanol–water partition coefficient (Wildman–Crippen LogP) is 1.28. The maximum absolute atomic E-state index is 11.4. The molecule has 0 saturated carbocycles. The molecule has 0 bridgehead atoms. The van der Waals surface area contributed by atoms with E-state index in [0.717, 1.165) is 6.42 Å². The summed E-state index contributed by atoms with van der Waals surface area (Å²) in [6.07, 6.45) is 0.887. The van der Waals surface area contributed by atoms with E-state index in [1.807, 2.05) is 12.2 Å². The number of hydrogen-bond donors (Lipinski definition) is 2. The second kappa shape index (κ2) is 5.75. The van der Waals surface area contributed by atoms with Crippen molar-refractivity contribution in [1.82, 2.24) is 5.32 Å². The van der Waals surface area contributed by atoms with E-state index in [-0.39, 0.29) is 0 Å². The molecule has 0 aliphatic rings. The van der Waals surface area contributed by atoms with Crippen molar-refractivity contribution in [2.24, 2.45) is 5.73 Å². The number of rotatable bonds is 4. The van der Waals surface area contributed by atoms with Crippen molar-refractivity contribution in [3.63, 3.8) is 0 Å². The Morgan fingerprint density at radius 2 is 2.19 bits per heavy atom. The van der Waals surface area contributed by atoms with Crippen molar-refractivity contribution < 1.29 is 14.3 Å². The molecule has 0 aromatic heterocycles. The topological polar surface area (TPSA) is 81.4 Å². The lowest BCUT2D eigenvalue weighted by atomic mass is 10.2. The quantitative estimate of drug-likeness (QED) is 0.805. The number of benzene rings is 1. The van der Waals surface area contributed by atoms with Crippen LogP contribution in [0.15, 0.2) is 24.3 Å². The molecule has 1 aromatic carbocycles. The van der Waals surface area contributed by atoms with Gasteiger partial charge in [0.25, 0.3) is 5.91 Å².